The third-order valence-corrected chi connectivity index (χ3v) is 7.02. The first-order valence-corrected chi connectivity index (χ1v) is 10.9. The molecule has 3 aromatic heterocycles. The van der Waals surface area contributed by atoms with Crippen molar-refractivity contribution in [2.24, 2.45) is 11.8 Å². The number of nitrogens with one attached hydrogen (secondary N) is 1. The zero-order chi connectivity index (χ0) is 20.1. The van der Waals surface area contributed by atoms with Crippen molar-refractivity contribution in [3.8, 4) is 0 Å². The van der Waals surface area contributed by atoms with Gasteiger partial charge in [0.25, 0.3) is 0 Å². The molecule has 0 unspecified atom stereocenters. The molecule has 3 fully saturated rings. The summed E-state index contributed by atoms with van der Waals surface area (Å²) in [5.74, 6) is 2.77. The van der Waals surface area contributed by atoms with Crippen LogP contribution in [0.25, 0.3) is 5.65 Å². The Bertz CT molecular complexity index is 1030. The third-order valence-electron chi connectivity index (χ3n) is 7.02. The van der Waals surface area contributed by atoms with E-state index in [1.807, 2.05) is 36.0 Å². The fourth-order valence-electron chi connectivity index (χ4n) is 5.30. The number of methoxy groups -OCH3 is 1. The average Bonchev–Trinajstić information content (AvgIpc) is 3.37. The fraction of sp³-hybridized carbons (Fsp3) is 0.545. The predicted molar refractivity (Wildman–Crippen MR) is 114 cm³/mol. The van der Waals surface area contributed by atoms with Gasteiger partial charge in [-0.1, -0.05) is 6.07 Å². The van der Waals surface area contributed by atoms with E-state index in [2.05, 4.69) is 31.5 Å². The van der Waals surface area contributed by atoms with Gasteiger partial charge in [0, 0.05) is 32.3 Å². The Kier molecular flexibility index (Phi) is 4.33. The first-order valence-electron chi connectivity index (χ1n) is 10.9. The van der Waals surface area contributed by atoms with Gasteiger partial charge in [0.05, 0.1) is 23.5 Å². The number of anilines is 2. The molecule has 30 heavy (non-hydrogen) atoms. The molecule has 0 amide bonds. The standard InChI is InChI=1S/C22H27N7O/c1-30-20-9-16-12-28(11-15(16)8-18(20)25-21-4-2-3-7-23-21)19-10-17(14-5-6-14)27-29-13-24-26-22(19)29/h2-4,7,10,13-16,18,20H,5-6,8-9,11-12H2,1H3,(H,23,25)/t15-,16+,18-,20-/m1/s1. The van der Waals surface area contributed by atoms with E-state index in [4.69, 9.17) is 9.84 Å². The van der Waals surface area contributed by atoms with Crippen molar-refractivity contribution in [2.45, 2.75) is 43.7 Å². The molecule has 0 bridgehead atoms. The van der Waals surface area contributed by atoms with Gasteiger partial charge in [-0.15, -0.1) is 10.2 Å². The number of nitrogens with zero attached hydrogens (tertiary/aromatic N) is 6. The molecule has 156 valence electrons. The van der Waals surface area contributed by atoms with E-state index in [1.165, 1.54) is 24.2 Å². The number of rotatable bonds is 5. The number of ether oxygens (including phenoxy) is 1. The lowest BCUT2D eigenvalue weighted by Crippen LogP contribution is -2.44. The molecule has 2 aliphatic carbocycles. The molecule has 1 aliphatic heterocycles. The van der Waals surface area contributed by atoms with Crippen LogP contribution in [0.5, 0.6) is 0 Å². The van der Waals surface area contributed by atoms with Crippen molar-refractivity contribution in [1.29, 1.82) is 0 Å². The van der Waals surface area contributed by atoms with Crippen molar-refractivity contribution >= 4 is 17.2 Å². The summed E-state index contributed by atoms with van der Waals surface area (Å²) in [6, 6.07) is 8.53. The lowest BCUT2D eigenvalue weighted by atomic mass is 9.77. The summed E-state index contributed by atoms with van der Waals surface area (Å²) in [4.78, 5) is 6.95. The molecular weight excluding hydrogens is 378 g/mol. The smallest absolute Gasteiger partial charge is 0.200 e. The van der Waals surface area contributed by atoms with Crippen LogP contribution in [0.4, 0.5) is 11.5 Å². The zero-order valence-electron chi connectivity index (χ0n) is 17.2. The molecule has 0 aromatic carbocycles. The first kappa shape index (κ1) is 18.1. The zero-order valence-corrected chi connectivity index (χ0v) is 17.2. The third kappa shape index (κ3) is 3.19. The minimum atomic E-state index is 0.195. The van der Waals surface area contributed by atoms with Crippen molar-refractivity contribution in [2.75, 3.05) is 30.4 Å². The lowest BCUT2D eigenvalue weighted by molar-refractivity contribution is 0.0305. The summed E-state index contributed by atoms with van der Waals surface area (Å²) in [6.07, 6.45) is 8.37. The summed E-state index contributed by atoms with van der Waals surface area (Å²) < 4.78 is 7.75. The second kappa shape index (κ2) is 7.19. The largest absolute Gasteiger partial charge is 0.379 e. The molecule has 3 aliphatic rings. The van der Waals surface area contributed by atoms with E-state index < -0.39 is 0 Å². The van der Waals surface area contributed by atoms with Crippen LogP contribution in [0.15, 0.2) is 36.8 Å². The van der Waals surface area contributed by atoms with Gasteiger partial charge >= 0.3 is 0 Å². The Labute approximate surface area is 175 Å². The van der Waals surface area contributed by atoms with Gasteiger partial charge in [0.2, 0.25) is 5.65 Å². The summed E-state index contributed by atoms with van der Waals surface area (Å²) in [7, 11) is 1.83. The highest BCUT2D eigenvalue weighted by atomic mass is 16.5. The molecule has 1 N–H and O–H groups in total. The molecule has 3 aromatic rings. The van der Waals surface area contributed by atoms with Crippen LogP contribution >= 0.6 is 0 Å². The average molecular weight is 406 g/mol. The Morgan fingerprint density at radius 1 is 1.13 bits per heavy atom. The highest BCUT2D eigenvalue weighted by molar-refractivity contribution is 5.69. The Morgan fingerprint density at radius 3 is 2.77 bits per heavy atom. The summed E-state index contributed by atoms with van der Waals surface area (Å²) >= 11 is 0. The van der Waals surface area contributed by atoms with Crippen LogP contribution < -0.4 is 10.2 Å². The Hall–Kier alpha value is -2.74. The van der Waals surface area contributed by atoms with Gasteiger partial charge in [-0.3, -0.25) is 0 Å². The lowest BCUT2D eigenvalue weighted by Gasteiger charge is -2.37. The molecule has 8 heteroatoms. The first-order chi connectivity index (χ1) is 14.8. The minimum Gasteiger partial charge on any atom is -0.379 e. The Balaban J connectivity index is 1.25. The van der Waals surface area contributed by atoms with Crippen LogP contribution in [0.3, 0.4) is 0 Å². The predicted octanol–water partition coefficient (Wildman–Crippen LogP) is 2.74. The molecule has 0 radical (unpaired) electrons. The number of hydrogen-bond donors (Lipinski definition) is 1. The second-order valence-corrected chi connectivity index (χ2v) is 8.96. The monoisotopic (exact) mass is 405 g/mol. The minimum absolute atomic E-state index is 0.195. The van der Waals surface area contributed by atoms with Crippen LogP contribution in [-0.2, 0) is 4.74 Å². The number of aromatic nitrogens is 5. The van der Waals surface area contributed by atoms with Crippen LogP contribution in [0.1, 0.15) is 37.3 Å². The van der Waals surface area contributed by atoms with Gasteiger partial charge in [-0.25, -0.2) is 4.98 Å². The highest BCUT2D eigenvalue weighted by Gasteiger charge is 2.43. The number of fused-ring (bicyclic) bond motifs is 2. The summed E-state index contributed by atoms with van der Waals surface area (Å²) in [5, 5.41) is 16.8. The maximum absolute atomic E-state index is 5.90. The maximum Gasteiger partial charge on any atom is 0.200 e. The molecule has 2 saturated carbocycles. The maximum atomic E-state index is 5.90. The number of pyridine rings is 1. The normalized spacial score (nSPS) is 28.6. The van der Waals surface area contributed by atoms with Crippen LogP contribution in [0.2, 0.25) is 0 Å². The van der Waals surface area contributed by atoms with E-state index in [-0.39, 0.29) is 12.1 Å². The van der Waals surface area contributed by atoms with Gasteiger partial charge in [-0.2, -0.15) is 9.61 Å². The summed E-state index contributed by atoms with van der Waals surface area (Å²) in [6.45, 7) is 2.08. The topological polar surface area (TPSA) is 80.5 Å². The molecule has 6 rings (SSSR count). The van der Waals surface area contributed by atoms with Crippen LogP contribution in [-0.4, -0.2) is 57.1 Å². The number of hydrogen-bond acceptors (Lipinski definition) is 7. The van der Waals surface area contributed by atoms with Crippen molar-refractivity contribution in [3.63, 3.8) is 0 Å². The van der Waals surface area contributed by atoms with E-state index >= 15 is 0 Å². The van der Waals surface area contributed by atoms with E-state index in [0.717, 1.165) is 37.4 Å². The summed E-state index contributed by atoms with van der Waals surface area (Å²) in [5.41, 5.74) is 3.23. The molecule has 4 heterocycles. The molecule has 4 atom stereocenters. The van der Waals surface area contributed by atoms with Crippen molar-refractivity contribution in [3.05, 3.63) is 42.5 Å². The van der Waals surface area contributed by atoms with Crippen LogP contribution in [0, 0.1) is 11.8 Å². The van der Waals surface area contributed by atoms with E-state index in [0.29, 0.717) is 17.8 Å². The van der Waals surface area contributed by atoms with Crippen molar-refractivity contribution in [1.82, 2.24) is 24.8 Å². The second-order valence-electron chi connectivity index (χ2n) is 8.96. The van der Waals surface area contributed by atoms with E-state index in [1.54, 1.807) is 6.33 Å². The molecule has 0 spiro atoms. The van der Waals surface area contributed by atoms with Gasteiger partial charge in [0.1, 0.15) is 12.1 Å². The SMILES string of the molecule is CO[C@@H]1C[C@H]2CN(c3cc(C4CC4)nn4cnnc34)C[C@H]2C[C@H]1Nc1ccccn1. The van der Waals surface area contributed by atoms with Gasteiger partial charge in [0.15, 0.2) is 0 Å². The highest BCUT2D eigenvalue weighted by Crippen LogP contribution is 2.43. The van der Waals surface area contributed by atoms with E-state index in [9.17, 15) is 0 Å². The fourth-order valence-corrected chi connectivity index (χ4v) is 5.30. The van der Waals surface area contributed by atoms with Gasteiger partial charge < -0.3 is 15.0 Å². The van der Waals surface area contributed by atoms with Crippen molar-refractivity contribution < 1.29 is 4.74 Å². The quantitative estimate of drug-likeness (QED) is 0.699. The van der Waals surface area contributed by atoms with Gasteiger partial charge in [-0.05, 0) is 55.7 Å². The Morgan fingerprint density at radius 2 is 2.00 bits per heavy atom. The molecule has 1 saturated heterocycles. The molecular formula is C22H27N7O. The molecule has 8 nitrogen and oxygen atoms in total.